The van der Waals surface area contributed by atoms with Crippen molar-refractivity contribution in [2.75, 3.05) is 11.9 Å². The molecule has 0 saturated carbocycles. The van der Waals surface area contributed by atoms with Crippen LogP contribution in [0.5, 0.6) is 0 Å². The monoisotopic (exact) mass is 245 g/mol. The minimum absolute atomic E-state index is 0.0943. The summed E-state index contributed by atoms with van der Waals surface area (Å²) in [7, 11) is 0. The van der Waals surface area contributed by atoms with Crippen molar-refractivity contribution in [3.05, 3.63) is 29.3 Å². The zero-order valence-electron chi connectivity index (χ0n) is 9.31. The summed E-state index contributed by atoms with van der Waals surface area (Å²) in [5.41, 5.74) is 3.13. The lowest BCUT2D eigenvalue weighted by Crippen LogP contribution is -2.11. The number of hydrogen-bond donors (Lipinski definition) is 1. The lowest BCUT2D eigenvalue weighted by molar-refractivity contribution is -0.134. The highest BCUT2D eigenvalue weighted by molar-refractivity contribution is 5.49. The summed E-state index contributed by atoms with van der Waals surface area (Å²) in [6, 6.07) is 5.77. The van der Waals surface area contributed by atoms with Crippen molar-refractivity contribution in [1.82, 2.24) is 0 Å². The van der Waals surface area contributed by atoms with Gasteiger partial charge in [-0.25, -0.2) is 0 Å². The fourth-order valence-electron chi connectivity index (χ4n) is 1.80. The Bertz CT molecular complexity index is 390. The van der Waals surface area contributed by atoms with Gasteiger partial charge in [0.1, 0.15) is 0 Å². The molecule has 0 fully saturated rings. The van der Waals surface area contributed by atoms with Gasteiger partial charge in [0.15, 0.2) is 0 Å². The molecule has 5 heteroatoms. The van der Waals surface area contributed by atoms with Crippen LogP contribution in [0.3, 0.4) is 0 Å². The molecule has 1 aromatic carbocycles. The van der Waals surface area contributed by atoms with Crippen molar-refractivity contribution < 1.29 is 17.9 Å². The number of ether oxygens (including phenoxy) is 1. The molecule has 1 aromatic rings. The standard InChI is InChI=1S/C12H14F3NO/c13-12(14,15)4-1-5-16-11-3-2-9-7-17-8-10(9)6-11/h2-3,6,16H,1,4-5,7-8H2. The van der Waals surface area contributed by atoms with Crippen LogP contribution in [0.15, 0.2) is 18.2 Å². The molecule has 1 aliphatic rings. The summed E-state index contributed by atoms with van der Waals surface area (Å²) in [5.74, 6) is 0. The van der Waals surface area contributed by atoms with Gasteiger partial charge < -0.3 is 10.1 Å². The predicted molar refractivity (Wildman–Crippen MR) is 58.7 cm³/mol. The maximum Gasteiger partial charge on any atom is 0.389 e. The summed E-state index contributed by atoms with van der Waals surface area (Å²) in [6.45, 7) is 1.55. The maximum atomic E-state index is 11.9. The van der Waals surface area contributed by atoms with Crippen LogP contribution < -0.4 is 5.32 Å². The minimum Gasteiger partial charge on any atom is -0.385 e. The molecular weight excluding hydrogens is 231 g/mol. The summed E-state index contributed by atoms with van der Waals surface area (Å²) in [6.07, 6.45) is -4.71. The molecule has 0 saturated heterocycles. The van der Waals surface area contributed by atoms with Crippen LogP contribution in [0, 0.1) is 0 Å². The highest BCUT2D eigenvalue weighted by Gasteiger charge is 2.25. The van der Waals surface area contributed by atoms with Gasteiger partial charge in [0.25, 0.3) is 0 Å². The number of rotatable bonds is 4. The molecule has 0 aliphatic carbocycles. The molecule has 0 radical (unpaired) electrons. The lowest BCUT2D eigenvalue weighted by atomic mass is 10.1. The first-order valence-electron chi connectivity index (χ1n) is 5.55. The SMILES string of the molecule is FC(F)(F)CCCNc1ccc2c(c1)COC2. The van der Waals surface area contributed by atoms with Crippen molar-refractivity contribution in [3.8, 4) is 0 Å². The Morgan fingerprint density at radius 2 is 1.94 bits per heavy atom. The van der Waals surface area contributed by atoms with E-state index in [1.807, 2.05) is 18.2 Å². The van der Waals surface area contributed by atoms with Crippen molar-refractivity contribution in [2.45, 2.75) is 32.2 Å². The Balaban J connectivity index is 1.80. The third-order valence-corrected chi connectivity index (χ3v) is 2.69. The van der Waals surface area contributed by atoms with E-state index in [-0.39, 0.29) is 6.42 Å². The summed E-state index contributed by atoms with van der Waals surface area (Å²) in [4.78, 5) is 0. The Morgan fingerprint density at radius 1 is 1.18 bits per heavy atom. The van der Waals surface area contributed by atoms with E-state index in [4.69, 9.17) is 4.74 Å². The average molecular weight is 245 g/mol. The van der Waals surface area contributed by atoms with Gasteiger partial charge in [0.2, 0.25) is 0 Å². The van der Waals surface area contributed by atoms with E-state index in [0.29, 0.717) is 19.8 Å². The van der Waals surface area contributed by atoms with Crippen molar-refractivity contribution in [2.24, 2.45) is 0 Å². The molecule has 0 bridgehead atoms. The second kappa shape index (κ2) is 4.96. The average Bonchev–Trinajstić information content (AvgIpc) is 2.70. The largest absolute Gasteiger partial charge is 0.389 e. The van der Waals surface area contributed by atoms with E-state index >= 15 is 0 Å². The van der Waals surface area contributed by atoms with E-state index in [1.54, 1.807) is 0 Å². The number of hydrogen-bond acceptors (Lipinski definition) is 2. The quantitative estimate of drug-likeness (QED) is 0.820. The first kappa shape index (κ1) is 12.2. The molecule has 0 spiro atoms. The number of nitrogens with one attached hydrogen (secondary N) is 1. The minimum atomic E-state index is -4.06. The van der Waals surface area contributed by atoms with Crippen LogP contribution >= 0.6 is 0 Å². The number of anilines is 1. The van der Waals surface area contributed by atoms with Crippen LogP contribution in [0.1, 0.15) is 24.0 Å². The summed E-state index contributed by atoms with van der Waals surface area (Å²) < 4.78 is 41.0. The normalized spacial score (nSPS) is 14.8. The molecular formula is C12H14F3NO. The molecule has 0 amide bonds. The van der Waals surface area contributed by atoms with Crippen LogP contribution in [-0.2, 0) is 18.0 Å². The van der Waals surface area contributed by atoms with Crippen LogP contribution in [-0.4, -0.2) is 12.7 Å². The Morgan fingerprint density at radius 3 is 2.71 bits per heavy atom. The van der Waals surface area contributed by atoms with E-state index in [1.165, 1.54) is 0 Å². The molecule has 94 valence electrons. The highest BCUT2D eigenvalue weighted by Crippen LogP contribution is 2.24. The van der Waals surface area contributed by atoms with E-state index in [0.717, 1.165) is 16.8 Å². The van der Waals surface area contributed by atoms with E-state index in [9.17, 15) is 13.2 Å². The van der Waals surface area contributed by atoms with Crippen molar-refractivity contribution in [3.63, 3.8) is 0 Å². The Hall–Kier alpha value is -1.23. The molecule has 1 heterocycles. The Labute approximate surface area is 97.8 Å². The van der Waals surface area contributed by atoms with Gasteiger partial charge in [-0.05, 0) is 29.7 Å². The molecule has 0 atom stereocenters. The number of halogens is 3. The fraction of sp³-hybridized carbons (Fsp3) is 0.500. The molecule has 2 rings (SSSR count). The molecule has 2 nitrogen and oxygen atoms in total. The predicted octanol–water partition coefficient (Wildman–Crippen LogP) is 3.47. The van der Waals surface area contributed by atoms with Crippen LogP contribution in [0.4, 0.5) is 18.9 Å². The first-order chi connectivity index (χ1) is 8.04. The van der Waals surface area contributed by atoms with Gasteiger partial charge in [-0.3, -0.25) is 0 Å². The highest BCUT2D eigenvalue weighted by atomic mass is 19.4. The maximum absolute atomic E-state index is 11.9. The topological polar surface area (TPSA) is 21.3 Å². The lowest BCUT2D eigenvalue weighted by Gasteiger charge is -2.09. The number of fused-ring (bicyclic) bond motifs is 1. The van der Waals surface area contributed by atoms with Crippen LogP contribution in [0.25, 0.3) is 0 Å². The third kappa shape index (κ3) is 3.63. The molecule has 1 N–H and O–H groups in total. The van der Waals surface area contributed by atoms with Crippen molar-refractivity contribution in [1.29, 1.82) is 0 Å². The van der Waals surface area contributed by atoms with Gasteiger partial charge in [-0.2, -0.15) is 13.2 Å². The third-order valence-electron chi connectivity index (χ3n) is 2.69. The summed E-state index contributed by atoms with van der Waals surface area (Å²) in [5, 5.41) is 2.99. The summed E-state index contributed by atoms with van der Waals surface area (Å²) >= 11 is 0. The molecule has 17 heavy (non-hydrogen) atoms. The van der Waals surface area contributed by atoms with Crippen LogP contribution in [0.2, 0.25) is 0 Å². The fourth-order valence-corrected chi connectivity index (χ4v) is 1.80. The smallest absolute Gasteiger partial charge is 0.385 e. The zero-order valence-corrected chi connectivity index (χ0v) is 9.31. The first-order valence-corrected chi connectivity index (χ1v) is 5.55. The van der Waals surface area contributed by atoms with E-state index in [2.05, 4.69) is 5.32 Å². The molecule has 1 aliphatic heterocycles. The van der Waals surface area contributed by atoms with Gasteiger partial charge in [0, 0.05) is 18.7 Å². The Kier molecular flexibility index (Phi) is 3.57. The number of alkyl halides is 3. The van der Waals surface area contributed by atoms with E-state index < -0.39 is 12.6 Å². The number of benzene rings is 1. The second-order valence-corrected chi connectivity index (χ2v) is 4.12. The van der Waals surface area contributed by atoms with Gasteiger partial charge in [-0.15, -0.1) is 0 Å². The zero-order chi connectivity index (χ0) is 12.3. The van der Waals surface area contributed by atoms with Gasteiger partial charge >= 0.3 is 6.18 Å². The van der Waals surface area contributed by atoms with Crippen molar-refractivity contribution >= 4 is 5.69 Å². The molecule has 0 aromatic heterocycles. The second-order valence-electron chi connectivity index (χ2n) is 4.12. The van der Waals surface area contributed by atoms with Gasteiger partial charge in [-0.1, -0.05) is 6.07 Å². The molecule has 0 unspecified atom stereocenters. The van der Waals surface area contributed by atoms with Gasteiger partial charge in [0.05, 0.1) is 13.2 Å².